The van der Waals surface area contributed by atoms with Gasteiger partial charge in [0.25, 0.3) is 0 Å². The summed E-state index contributed by atoms with van der Waals surface area (Å²) >= 11 is 1.85. The average Bonchev–Trinajstić information content (AvgIpc) is 2.85. The maximum Gasteiger partial charge on any atom is 0.244 e. The Morgan fingerprint density at radius 2 is 2.41 bits per heavy atom. The highest BCUT2D eigenvalue weighted by Crippen LogP contribution is 2.31. The van der Waals surface area contributed by atoms with Gasteiger partial charge in [0.2, 0.25) is 5.89 Å². The van der Waals surface area contributed by atoms with Crippen molar-refractivity contribution in [3.05, 3.63) is 11.7 Å². The Balaban J connectivity index is 1.98. The molecule has 2 rings (SSSR count). The van der Waals surface area contributed by atoms with Gasteiger partial charge in [-0.25, -0.2) is 0 Å². The summed E-state index contributed by atoms with van der Waals surface area (Å²) in [5.74, 6) is 2.44. The first kappa shape index (κ1) is 12.9. The van der Waals surface area contributed by atoms with Crippen LogP contribution in [0.1, 0.15) is 30.6 Å². The fraction of sp³-hybridized carbons (Fsp3) is 0.818. The zero-order valence-electron chi connectivity index (χ0n) is 10.3. The van der Waals surface area contributed by atoms with Crippen LogP contribution >= 0.6 is 11.8 Å². The molecule has 5 nitrogen and oxygen atoms in total. The Morgan fingerprint density at radius 1 is 1.59 bits per heavy atom. The lowest BCUT2D eigenvalue weighted by molar-refractivity contribution is 0.173. The summed E-state index contributed by atoms with van der Waals surface area (Å²) in [7, 11) is 0. The van der Waals surface area contributed by atoms with Crippen molar-refractivity contribution in [2.75, 3.05) is 25.1 Å². The third-order valence-electron chi connectivity index (χ3n) is 3.00. The molecular weight excluding hydrogens is 238 g/mol. The molecule has 1 aliphatic heterocycles. The van der Waals surface area contributed by atoms with Crippen LogP contribution in [0.25, 0.3) is 0 Å². The number of hydrogen-bond acceptors (Lipinski definition) is 6. The van der Waals surface area contributed by atoms with Crippen LogP contribution in [0.2, 0.25) is 0 Å². The standard InChI is InChI=1S/C11H19N3O2S/c1-8-12-11(16-13-8)10-6-9(15)7-14(10)4-3-5-17-2/h9-10,15H,3-7H2,1-2H3/t9-,10-/m1/s1. The quantitative estimate of drug-likeness (QED) is 0.801. The second-order valence-corrected chi connectivity index (χ2v) is 5.41. The summed E-state index contributed by atoms with van der Waals surface area (Å²) in [4.78, 5) is 6.51. The van der Waals surface area contributed by atoms with Gasteiger partial charge in [-0.15, -0.1) is 0 Å². The third kappa shape index (κ3) is 3.20. The molecule has 1 N–H and O–H groups in total. The van der Waals surface area contributed by atoms with E-state index in [0.29, 0.717) is 24.7 Å². The first-order valence-corrected chi connectivity index (χ1v) is 7.31. The Kier molecular flexibility index (Phi) is 4.42. The van der Waals surface area contributed by atoms with E-state index in [2.05, 4.69) is 21.3 Å². The van der Waals surface area contributed by atoms with E-state index in [1.54, 1.807) is 0 Å². The Hall–Kier alpha value is -0.590. The van der Waals surface area contributed by atoms with E-state index in [9.17, 15) is 5.11 Å². The van der Waals surface area contributed by atoms with Crippen molar-refractivity contribution in [3.63, 3.8) is 0 Å². The van der Waals surface area contributed by atoms with Crippen LogP contribution in [0.5, 0.6) is 0 Å². The van der Waals surface area contributed by atoms with E-state index >= 15 is 0 Å². The van der Waals surface area contributed by atoms with Crippen molar-refractivity contribution in [1.29, 1.82) is 0 Å². The van der Waals surface area contributed by atoms with Crippen molar-refractivity contribution in [2.45, 2.75) is 31.9 Å². The number of aromatic nitrogens is 2. The Morgan fingerprint density at radius 3 is 3.06 bits per heavy atom. The van der Waals surface area contributed by atoms with E-state index < -0.39 is 0 Å². The van der Waals surface area contributed by atoms with Gasteiger partial charge in [0.15, 0.2) is 5.82 Å². The molecule has 0 aromatic carbocycles. The van der Waals surface area contributed by atoms with Gasteiger partial charge in [-0.1, -0.05) is 5.16 Å². The zero-order chi connectivity index (χ0) is 12.3. The number of rotatable bonds is 5. The second-order valence-electron chi connectivity index (χ2n) is 4.43. The predicted octanol–water partition coefficient (Wildman–Crippen LogP) is 1.24. The smallest absolute Gasteiger partial charge is 0.244 e. The molecule has 0 saturated carbocycles. The minimum absolute atomic E-state index is 0.0908. The fourth-order valence-electron chi connectivity index (χ4n) is 2.24. The topological polar surface area (TPSA) is 62.4 Å². The first-order valence-electron chi connectivity index (χ1n) is 5.92. The van der Waals surface area contributed by atoms with Crippen LogP contribution in [0, 0.1) is 6.92 Å². The number of aliphatic hydroxyl groups excluding tert-OH is 1. The molecule has 0 spiro atoms. The highest BCUT2D eigenvalue weighted by molar-refractivity contribution is 7.98. The molecule has 96 valence electrons. The minimum atomic E-state index is -0.276. The number of likely N-dealkylation sites (tertiary alicyclic amines) is 1. The summed E-state index contributed by atoms with van der Waals surface area (Å²) in [5, 5.41) is 13.6. The summed E-state index contributed by atoms with van der Waals surface area (Å²) < 4.78 is 5.21. The van der Waals surface area contributed by atoms with Gasteiger partial charge in [-0.2, -0.15) is 16.7 Å². The van der Waals surface area contributed by atoms with Crippen molar-refractivity contribution >= 4 is 11.8 Å². The van der Waals surface area contributed by atoms with Gasteiger partial charge in [0.05, 0.1) is 12.1 Å². The second kappa shape index (κ2) is 5.84. The molecular formula is C11H19N3O2S. The fourth-order valence-corrected chi connectivity index (χ4v) is 2.66. The maximum atomic E-state index is 9.76. The molecule has 1 fully saturated rings. The zero-order valence-corrected chi connectivity index (χ0v) is 11.1. The minimum Gasteiger partial charge on any atom is -0.392 e. The van der Waals surface area contributed by atoms with Crippen molar-refractivity contribution < 1.29 is 9.63 Å². The Labute approximate surface area is 106 Å². The summed E-state index contributed by atoms with van der Waals surface area (Å²) in [6, 6.07) is 0.0908. The van der Waals surface area contributed by atoms with Gasteiger partial charge in [0.1, 0.15) is 0 Å². The number of hydrogen-bond donors (Lipinski definition) is 1. The molecule has 17 heavy (non-hydrogen) atoms. The molecule has 6 heteroatoms. The predicted molar refractivity (Wildman–Crippen MR) is 67.0 cm³/mol. The maximum absolute atomic E-state index is 9.76. The normalized spacial score (nSPS) is 25.6. The monoisotopic (exact) mass is 257 g/mol. The molecule has 0 bridgehead atoms. The van der Waals surface area contributed by atoms with Crippen molar-refractivity contribution in [3.8, 4) is 0 Å². The third-order valence-corrected chi connectivity index (χ3v) is 3.70. The molecule has 0 aliphatic carbocycles. The highest BCUT2D eigenvalue weighted by Gasteiger charge is 2.35. The number of thioether (sulfide) groups is 1. The molecule has 1 saturated heterocycles. The van der Waals surface area contributed by atoms with Gasteiger partial charge in [-0.3, -0.25) is 4.90 Å². The molecule has 1 aromatic heterocycles. The van der Waals surface area contributed by atoms with Gasteiger partial charge >= 0.3 is 0 Å². The lowest BCUT2D eigenvalue weighted by atomic mass is 10.2. The van der Waals surface area contributed by atoms with E-state index in [-0.39, 0.29) is 12.1 Å². The van der Waals surface area contributed by atoms with Crippen molar-refractivity contribution in [2.24, 2.45) is 0 Å². The summed E-state index contributed by atoms with van der Waals surface area (Å²) in [6.07, 6.45) is 3.65. The largest absolute Gasteiger partial charge is 0.392 e. The summed E-state index contributed by atoms with van der Waals surface area (Å²) in [5.41, 5.74) is 0. The van der Waals surface area contributed by atoms with Gasteiger partial charge in [0, 0.05) is 6.54 Å². The number of β-amino-alcohol motifs (C(OH)–C–C–N with tert-alkyl or cyclic N) is 1. The van der Waals surface area contributed by atoms with E-state index in [4.69, 9.17) is 4.52 Å². The van der Waals surface area contributed by atoms with Gasteiger partial charge in [-0.05, 0) is 38.3 Å². The van der Waals surface area contributed by atoms with E-state index in [0.717, 1.165) is 18.7 Å². The highest BCUT2D eigenvalue weighted by atomic mass is 32.2. The molecule has 0 unspecified atom stereocenters. The molecule has 2 heterocycles. The number of aryl methyl sites for hydroxylation is 1. The van der Waals surface area contributed by atoms with E-state index in [1.165, 1.54) is 0 Å². The van der Waals surface area contributed by atoms with Crippen LogP contribution in [-0.4, -0.2) is 51.3 Å². The molecule has 2 atom stereocenters. The lowest BCUT2D eigenvalue weighted by Gasteiger charge is -2.20. The first-order chi connectivity index (χ1) is 8.20. The average molecular weight is 257 g/mol. The summed E-state index contributed by atoms with van der Waals surface area (Å²) in [6.45, 7) is 3.50. The molecule has 1 aromatic rings. The van der Waals surface area contributed by atoms with E-state index in [1.807, 2.05) is 18.7 Å². The number of nitrogens with zero attached hydrogens (tertiary/aromatic N) is 3. The van der Waals surface area contributed by atoms with Crippen LogP contribution < -0.4 is 0 Å². The van der Waals surface area contributed by atoms with Crippen LogP contribution in [0.4, 0.5) is 0 Å². The molecule has 0 amide bonds. The Bertz CT molecular complexity index is 358. The van der Waals surface area contributed by atoms with Crippen LogP contribution in [-0.2, 0) is 0 Å². The SMILES string of the molecule is CSCCCN1C[C@H](O)C[C@@H]1c1nc(C)no1. The van der Waals surface area contributed by atoms with Gasteiger partial charge < -0.3 is 9.63 Å². The number of aliphatic hydroxyl groups is 1. The molecule has 0 radical (unpaired) electrons. The lowest BCUT2D eigenvalue weighted by Crippen LogP contribution is -2.26. The van der Waals surface area contributed by atoms with Crippen LogP contribution in [0.3, 0.4) is 0 Å². The van der Waals surface area contributed by atoms with Crippen LogP contribution in [0.15, 0.2) is 4.52 Å². The van der Waals surface area contributed by atoms with Crippen molar-refractivity contribution in [1.82, 2.24) is 15.0 Å². The molecule has 1 aliphatic rings.